The molecule has 37 heavy (non-hydrogen) atoms. The first-order chi connectivity index (χ1) is 16.8. The Bertz CT molecular complexity index is 1200. The van der Waals surface area contributed by atoms with E-state index in [0.717, 1.165) is 49.0 Å². The van der Waals surface area contributed by atoms with Crippen LogP contribution in [0.15, 0.2) is 86.0 Å². The minimum absolute atomic E-state index is 0. The Labute approximate surface area is 241 Å². The van der Waals surface area contributed by atoms with E-state index in [-0.39, 0.29) is 55.5 Å². The molecule has 2 saturated heterocycles. The van der Waals surface area contributed by atoms with E-state index in [1.807, 2.05) is 18.2 Å². The van der Waals surface area contributed by atoms with Crippen LogP contribution in [0.2, 0.25) is 0 Å². The quantitative estimate of drug-likeness (QED) is 0.396. The minimum Gasteiger partial charge on any atom is -1.00 e. The Balaban J connectivity index is 0.00000107. The molecule has 4 aliphatic heterocycles. The molecule has 7 nitrogen and oxygen atoms in total. The van der Waals surface area contributed by atoms with Gasteiger partial charge < -0.3 is 34.6 Å². The van der Waals surface area contributed by atoms with Gasteiger partial charge in [0.1, 0.15) is 23.5 Å². The van der Waals surface area contributed by atoms with Gasteiger partial charge in [0.2, 0.25) is 0 Å². The molecule has 0 spiro atoms. The number of hydrogen-bond donors (Lipinski definition) is 0. The third kappa shape index (κ3) is 5.28. The molecule has 2 fully saturated rings. The van der Waals surface area contributed by atoms with Crippen LogP contribution in [-0.4, -0.2) is 76.1 Å². The van der Waals surface area contributed by atoms with Gasteiger partial charge in [0.15, 0.2) is 11.7 Å². The van der Waals surface area contributed by atoms with Gasteiger partial charge in [-0.15, -0.1) is 0 Å². The number of nitrogens with zero attached hydrogens (tertiary/aromatic N) is 7. The first kappa shape index (κ1) is 27.6. The predicted octanol–water partition coefficient (Wildman–Crippen LogP) is -2.67. The van der Waals surface area contributed by atoms with Gasteiger partial charge in [0.25, 0.3) is 0 Å². The zero-order chi connectivity index (χ0) is 22.5. The van der Waals surface area contributed by atoms with Gasteiger partial charge in [0.05, 0.1) is 11.4 Å². The number of pyridine rings is 1. The molecule has 0 N–H and O–H groups in total. The van der Waals surface area contributed by atoms with Crippen molar-refractivity contribution in [3.8, 4) is 0 Å². The molecule has 1 radical (unpaired) electrons. The second-order valence-corrected chi connectivity index (χ2v) is 9.52. The molecule has 5 heterocycles. The van der Waals surface area contributed by atoms with Crippen LogP contribution in [0.25, 0.3) is 0 Å². The van der Waals surface area contributed by atoms with E-state index in [2.05, 4.69) is 46.3 Å². The fourth-order valence-electron chi connectivity index (χ4n) is 5.40. The summed E-state index contributed by atoms with van der Waals surface area (Å²) in [5.74, 6) is 1.37. The van der Waals surface area contributed by atoms with Gasteiger partial charge in [-0.1, -0.05) is 18.2 Å². The summed E-state index contributed by atoms with van der Waals surface area (Å²) in [7, 11) is 0. The number of halogens is 2. The molecule has 10 heteroatoms. The number of rotatable bonds is 4. The van der Waals surface area contributed by atoms with E-state index >= 15 is 0 Å². The molecule has 0 amide bonds. The summed E-state index contributed by atoms with van der Waals surface area (Å²) < 4.78 is 0. The normalized spacial score (nSPS) is 25.0. The number of fused-ring (bicyclic) bond motifs is 2. The maximum absolute atomic E-state index is 4.86. The largest absolute Gasteiger partial charge is 2.00 e. The van der Waals surface area contributed by atoms with Crippen LogP contribution in [0.1, 0.15) is 37.1 Å². The average molecular weight is 571 g/mol. The molecule has 1 aromatic heterocycles. The zero-order valence-electron chi connectivity index (χ0n) is 20.3. The van der Waals surface area contributed by atoms with Crippen molar-refractivity contribution in [1.82, 2.24) is 14.8 Å². The second-order valence-electron chi connectivity index (χ2n) is 9.52. The predicted molar refractivity (Wildman–Crippen MR) is 136 cm³/mol. The summed E-state index contributed by atoms with van der Waals surface area (Å²) in [5, 5.41) is 0. The summed E-state index contributed by atoms with van der Waals surface area (Å²) in [6.07, 6.45) is 18.1. The second kappa shape index (κ2) is 11.5. The van der Waals surface area contributed by atoms with Crippen molar-refractivity contribution in [3.05, 3.63) is 77.4 Å². The van der Waals surface area contributed by atoms with E-state index in [1.165, 1.54) is 37.1 Å². The van der Waals surface area contributed by atoms with Gasteiger partial charge in [-0.05, 0) is 62.1 Å². The topological polar surface area (TPSA) is 68.8 Å². The van der Waals surface area contributed by atoms with E-state index in [4.69, 9.17) is 25.0 Å². The van der Waals surface area contributed by atoms with Gasteiger partial charge in [-0.3, -0.25) is 9.98 Å². The molecule has 2 atom stereocenters. The number of amidine groups is 2. The molecular weight excluding hydrogens is 544 g/mol. The van der Waals surface area contributed by atoms with Crippen LogP contribution in [0.3, 0.4) is 0 Å². The van der Waals surface area contributed by atoms with Gasteiger partial charge in [0, 0.05) is 37.6 Å². The Morgan fingerprint density at radius 2 is 1.08 bits per heavy atom. The SMILES string of the molecule is C1=CC2N=C(c3cccc(C4=NC5C=CC(N6CCCC6)=CC5=N4)n3)N=C2C=C1N1CCCC1.[Cl-].[Cl-].[V+2]. The minimum atomic E-state index is -0.0157. The smallest absolute Gasteiger partial charge is 1.00 e. The van der Waals surface area contributed by atoms with Crippen LogP contribution in [0, 0.1) is 0 Å². The monoisotopic (exact) mass is 570 g/mol. The number of allylic oxidation sites excluding steroid dienone is 2. The Morgan fingerprint density at radius 3 is 1.51 bits per heavy atom. The number of aromatic nitrogens is 1. The van der Waals surface area contributed by atoms with Crippen LogP contribution < -0.4 is 24.8 Å². The molecule has 2 aliphatic carbocycles. The Kier molecular flexibility index (Phi) is 8.59. The molecule has 0 bridgehead atoms. The van der Waals surface area contributed by atoms with E-state index in [9.17, 15) is 0 Å². The molecule has 6 aliphatic rings. The van der Waals surface area contributed by atoms with Crippen molar-refractivity contribution in [2.24, 2.45) is 20.0 Å². The fraction of sp³-hybridized carbons (Fsp3) is 0.370. The van der Waals surface area contributed by atoms with Crippen LogP contribution >= 0.6 is 0 Å². The van der Waals surface area contributed by atoms with Gasteiger partial charge in [-0.25, -0.2) is 15.0 Å². The fourth-order valence-corrected chi connectivity index (χ4v) is 5.40. The summed E-state index contributed by atoms with van der Waals surface area (Å²) >= 11 is 0. The van der Waals surface area contributed by atoms with Gasteiger partial charge >= 0.3 is 18.6 Å². The van der Waals surface area contributed by atoms with Crippen molar-refractivity contribution < 1.29 is 43.4 Å². The van der Waals surface area contributed by atoms with Crippen molar-refractivity contribution >= 4 is 23.1 Å². The van der Waals surface area contributed by atoms with E-state index in [1.54, 1.807) is 0 Å². The van der Waals surface area contributed by atoms with Gasteiger partial charge in [-0.2, -0.15) is 0 Å². The molecule has 189 valence electrons. The van der Waals surface area contributed by atoms with Crippen molar-refractivity contribution in [2.75, 3.05) is 26.2 Å². The average Bonchev–Trinajstić information content (AvgIpc) is 3.69. The van der Waals surface area contributed by atoms with Crippen LogP contribution in [0.5, 0.6) is 0 Å². The van der Waals surface area contributed by atoms with Crippen molar-refractivity contribution in [1.29, 1.82) is 0 Å². The van der Waals surface area contributed by atoms with Crippen molar-refractivity contribution in [2.45, 2.75) is 37.8 Å². The summed E-state index contributed by atoms with van der Waals surface area (Å²) in [5.41, 5.74) is 6.04. The first-order valence-corrected chi connectivity index (χ1v) is 12.4. The summed E-state index contributed by atoms with van der Waals surface area (Å²) in [6.45, 7) is 4.50. The third-order valence-corrected chi connectivity index (χ3v) is 7.24. The molecule has 1 aromatic rings. The Hall–Kier alpha value is -2.45. The zero-order valence-corrected chi connectivity index (χ0v) is 23.2. The molecular formula is C27H27Cl2N7V. The van der Waals surface area contributed by atoms with E-state index in [0.29, 0.717) is 11.7 Å². The third-order valence-electron chi connectivity index (χ3n) is 7.24. The number of hydrogen-bond acceptors (Lipinski definition) is 7. The molecule has 0 aromatic carbocycles. The number of aliphatic imine (C=N–C) groups is 4. The van der Waals surface area contributed by atoms with Crippen molar-refractivity contribution in [3.63, 3.8) is 0 Å². The first-order valence-electron chi connectivity index (χ1n) is 12.4. The maximum atomic E-state index is 4.86. The van der Waals surface area contributed by atoms with Crippen LogP contribution in [-0.2, 0) is 18.6 Å². The molecule has 2 unspecified atom stereocenters. The van der Waals surface area contributed by atoms with Crippen LogP contribution in [0.4, 0.5) is 0 Å². The Morgan fingerprint density at radius 1 is 0.649 bits per heavy atom. The summed E-state index contributed by atoms with van der Waals surface area (Å²) in [4.78, 5) is 29.1. The molecule has 0 saturated carbocycles. The number of likely N-dealkylation sites (tertiary alicyclic amines) is 2. The molecule has 7 rings (SSSR count). The summed E-state index contributed by atoms with van der Waals surface area (Å²) in [6, 6.07) is 5.91. The van der Waals surface area contributed by atoms with E-state index < -0.39 is 0 Å². The maximum Gasteiger partial charge on any atom is 2.00 e. The standard InChI is InChI=1S/C27H27N7.2ClH.V/c1-2-13-33(12-1)18-8-10-20-24(16-18)31-26(29-20)22-6-5-7-23(28-22)27-30-21-11-9-19(17-25(21)32-27)34-14-3-4-15-34;;;/h5-11,16-17,20-21H,1-4,12-15H2;2*1H;/q;;;+2/p-2.